The van der Waals surface area contributed by atoms with E-state index in [9.17, 15) is 4.79 Å². The van der Waals surface area contributed by atoms with Gasteiger partial charge >= 0.3 is 0 Å². The van der Waals surface area contributed by atoms with Gasteiger partial charge in [-0.1, -0.05) is 42.5 Å². The van der Waals surface area contributed by atoms with Crippen LogP contribution in [0.2, 0.25) is 0 Å². The van der Waals surface area contributed by atoms with Crippen LogP contribution in [0.1, 0.15) is 12.5 Å². The monoisotopic (exact) mass is 385 g/mol. The van der Waals surface area contributed by atoms with Crippen molar-refractivity contribution in [2.45, 2.75) is 6.92 Å². The van der Waals surface area contributed by atoms with Crippen LogP contribution in [0, 0.1) is 0 Å². The summed E-state index contributed by atoms with van der Waals surface area (Å²) in [6, 6.07) is 18.5. The molecule has 1 aromatic heterocycles. The summed E-state index contributed by atoms with van der Waals surface area (Å²) in [5, 5.41) is 3.34. The minimum absolute atomic E-state index is 0.0638. The summed E-state index contributed by atoms with van der Waals surface area (Å²) in [5.41, 5.74) is 4.60. The highest BCUT2D eigenvalue weighted by Gasteiger charge is 2.16. The molecule has 0 radical (unpaired) electrons. The van der Waals surface area contributed by atoms with Gasteiger partial charge in [0.2, 0.25) is 5.91 Å². The number of ether oxygens (including phenoxy) is 1. The lowest BCUT2D eigenvalue weighted by Gasteiger charge is -2.12. The SMILES string of the molecule is COc1cc2occ(-c3cccc4ccccc34)c2cc1/C(C)=C/C(=O)N(C)C. The number of furan rings is 1. The Morgan fingerprint density at radius 3 is 2.52 bits per heavy atom. The summed E-state index contributed by atoms with van der Waals surface area (Å²) in [7, 11) is 5.10. The zero-order chi connectivity index (χ0) is 20.5. The number of amides is 1. The van der Waals surface area contributed by atoms with E-state index in [1.165, 1.54) is 10.8 Å². The van der Waals surface area contributed by atoms with Gasteiger partial charge in [-0.3, -0.25) is 4.79 Å². The number of likely N-dealkylation sites (N-methyl/N-ethyl adjacent to an activating group) is 1. The smallest absolute Gasteiger partial charge is 0.246 e. The molecule has 0 bridgehead atoms. The van der Waals surface area contributed by atoms with Crippen LogP contribution >= 0.6 is 0 Å². The Bertz CT molecular complexity index is 1240. The molecule has 0 saturated heterocycles. The number of allylic oxidation sites excluding steroid dienone is 1. The molecule has 4 rings (SSSR count). The minimum atomic E-state index is -0.0638. The quantitative estimate of drug-likeness (QED) is 0.420. The first kappa shape index (κ1) is 18.8. The lowest BCUT2D eigenvalue weighted by Crippen LogP contribution is -2.19. The molecule has 0 atom stereocenters. The minimum Gasteiger partial charge on any atom is -0.496 e. The number of hydrogen-bond donors (Lipinski definition) is 0. The van der Waals surface area contributed by atoms with Crippen LogP contribution in [-0.4, -0.2) is 32.0 Å². The maximum Gasteiger partial charge on any atom is 0.246 e. The highest BCUT2D eigenvalue weighted by molar-refractivity contribution is 6.06. The van der Waals surface area contributed by atoms with Gasteiger partial charge in [-0.05, 0) is 34.9 Å². The lowest BCUT2D eigenvalue weighted by atomic mass is 9.96. The second-order valence-electron chi connectivity index (χ2n) is 7.28. The molecule has 4 aromatic rings. The first-order chi connectivity index (χ1) is 14.0. The number of methoxy groups -OCH3 is 1. The van der Waals surface area contributed by atoms with Crippen molar-refractivity contribution < 1.29 is 13.9 Å². The van der Waals surface area contributed by atoms with Crippen LogP contribution in [0.5, 0.6) is 5.75 Å². The molecule has 0 aliphatic heterocycles. The Kier molecular flexibility index (Phi) is 4.85. The van der Waals surface area contributed by atoms with Gasteiger partial charge in [0, 0.05) is 42.8 Å². The van der Waals surface area contributed by atoms with Crippen molar-refractivity contribution in [3.05, 3.63) is 72.5 Å². The third kappa shape index (κ3) is 3.38. The van der Waals surface area contributed by atoms with Crippen molar-refractivity contribution in [3.8, 4) is 16.9 Å². The van der Waals surface area contributed by atoms with E-state index in [2.05, 4.69) is 30.3 Å². The van der Waals surface area contributed by atoms with Crippen molar-refractivity contribution in [3.63, 3.8) is 0 Å². The molecule has 0 N–H and O–H groups in total. The van der Waals surface area contributed by atoms with E-state index in [0.29, 0.717) is 5.75 Å². The van der Waals surface area contributed by atoms with Crippen LogP contribution < -0.4 is 4.74 Å². The summed E-state index contributed by atoms with van der Waals surface area (Å²) >= 11 is 0. The predicted octanol–water partition coefficient (Wildman–Crippen LogP) is 5.75. The maximum atomic E-state index is 12.2. The van der Waals surface area contributed by atoms with Crippen LogP contribution in [-0.2, 0) is 4.79 Å². The van der Waals surface area contributed by atoms with Gasteiger partial charge in [0.05, 0.1) is 13.4 Å². The summed E-state index contributed by atoms with van der Waals surface area (Å²) in [4.78, 5) is 13.7. The highest BCUT2D eigenvalue weighted by atomic mass is 16.5. The van der Waals surface area contributed by atoms with Gasteiger partial charge in [0.1, 0.15) is 11.3 Å². The molecular formula is C25H23NO3. The zero-order valence-corrected chi connectivity index (χ0v) is 17.0. The average Bonchev–Trinajstić information content (AvgIpc) is 3.14. The first-order valence-corrected chi connectivity index (χ1v) is 9.47. The summed E-state index contributed by atoms with van der Waals surface area (Å²) in [5.74, 6) is 0.614. The van der Waals surface area contributed by atoms with E-state index in [0.717, 1.165) is 33.2 Å². The summed E-state index contributed by atoms with van der Waals surface area (Å²) in [6.45, 7) is 1.92. The summed E-state index contributed by atoms with van der Waals surface area (Å²) < 4.78 is 11.5. The molecular weight excluding hydrogens is 362 g/mol. The second kappa shape index (κ2) is 7.47. The van der Waals surface area contributed by atoms with Crippen molar-refractivity contribution >= 4 is 33.2 Å². The molecule has 29 heavy (non-hydrogen) atoms. The molecule has 0 aliphatic rings. The molecule has 4 heteroatoms. The van der Waals surface area contributed by atoms with E-state index >= 15 is 0 Å². The molecule has 1 heterocycles. The Labute approximate surface area is 170 Å². The van der Waals surface area contributed by atoms with E-state index in [4.69, 9.17) is 9.15 Å². The highest BCUT2D eigenvalue weighted by Crippen LogP contribution is 2.39. The van der Waals surface area contributed by atoms with E-state index in [1.807, 2.05) is 31.2 Å². The third-order valence-corrected chi connectivity index (χ3v) is 5.18. The Hall–Kier alpha value is -3.53. The van der Waals surface area contributed by atoms with Crippen molar-refractivity contribution in [1.82, 2.24) is 4.90 Å². The average molecular weight is 385 g/mol. The van der Waals surface area contributed by atoms with Crippen molar-refractivity contribution in [2.24, 2.45) is 0 Å². The van der Waals surface area contributed by atoms with Crippen molar-refractivity contribution in [2.75, 3.05) is 21.2 Å². The Morgan fingerprint density at radius 1 is 1.00 bits per heavy atom. The zero-order valence-electron chi connectivity index (χ0n) is 17.0. The largest absolute Gasteiger partial charge is 0.496 e. The topological polar surface area (TPSA) is 42.7 Å². The van der Waals surface area contributed by atoms with Gasteiger partial charge in [-0.2, -0.15) is 0 Å². The number of hydrogen-bond acceptors (Lipinski definition) is 3. The molecule has 1 amide bonds. The normalized spacial score (nSPS) is 11.8. The molecule has 0 unspecified atom stereocenters. The molecule has 3 aromatic carbocycles. The molecule has 146 valence electrons. The number of carbonyl (C=O) groups is 1. The van der Waals surface area contributed by atoms with Crippen molar-refractivity contribution in [1.29, 1.82) is 0 Å². The van der Waals surface area contributed by atoms with E-state index < -0.39 is 0 Å². The van der Waals surface area contributed by atoms with Crippen LogP contribution in [0.25, 0.3) is 38.4 Å². The summed E-state index contributed by atoms with van der Waals surface area (Å²) in [6.07, 6.45) is 3.42. The third-order valence-electron chi connectivity index (χ3n) is 5.18. The van der Waals surface area contributed by atoms with E-state index in [-0.39, 0.29) is 5.91 Å². The molecule has 0 fully saturated rings. The second-order valence-corrected chi connectivity index (χ2v) is 7.28. The van der Waals surface area contributed by atoms with E-state index in [1.54, 1.807) is 38.4 Å². The van der Waals surface area contributed by atoms with Crippen LogP contribution in [0.15, 0.2) is 71.4 Å². The van der Waals surface area contributed by atoms with Gasteiger partial charge in [-0.25, -0.2) is 0 Å². The first-order valence-electron chi connectivity index (χ1n) is 9.47. The Morgan fingerprint density at radius 2 is 1.76 bits per heavy atom. The number of nitrogens with zero attached hydrogens (tertiary/aromatic N) is 1. The predicted molar refractivity (Wildman–Crippen MR) is 118 cm³/mol. The van der Waals surface area contributed by atoms with Crippen LogP contribution in [0.4, 0.5) is 0 Å². The van der Waals surface area contributed by atoms with Gasteiger partial charge in [0.15, 0.2) is 0 Å². The van der Waals surface area contributed by atoms with Crippen LogP contribution in [0.3, 0.4) is 0 Å². The molecule has 4 nitrogen and oxygen atoms in total. The number of carbonyl (C=O) groups excluding carboxylic acids is 1. The molecule has 0 spiro atoms. The van der Waals surface area contributed by atoms with Gasteiger partial charge < -0.3 is 14.1 Å². The number of rotatable bonds is 4. The fourth-order valence-electron chi connectivity index (χ4n) is 3.59. The molecule has 0 saturated carbocycles. The standard InChI is InChI=1S/C25H23NO3/c1-16(12-25(27)26(2)3)20-13-21-22(15-29-24(21)14-23(20)28-4)19-11-7-9-17-8-5-6-10-18(17)19/h5-15H,1-4H3/b16-12+. The van der Waals surface area contributed by atoms with Gasteiger partial charge in [-0.15, -0.1) is 0 Å². The number of benzene rings is 3. The lowest BCUT2D eigenvalue weighted by molar-refractivity contribution is -0.123. The number of fused-ring (bicyclic) bond motifs is 2. The fourth-order valence-corrected chi connectivity index (χ4v) is 3.59. The maximum absolute atomic E-state index is 12.2. The van der Waals surface area contributed by atoms with Gasteiger partial charge in [0.25, 0.3) is 0 Å². The Balaban J connectivity index is 1.93. The molecule has 0 aliphatic carbocycles. The fraction of sp³-hybridized carbons (Fsp3) is 0.160.